The van der Waals surface area contributed by atoms with Gasteiger partial charge in [-0.2, -0.15) is 18.2 Å². The molecule has 36 heavy (non-hydrogen) atoms. The van der Waals surface area contributed by atoms with Gasteiger partial charge >= 0.3 is 6.18 Å². The number of oxazole rings is 1. The summed E-state index contributed by atoms with van der Waals surface area (Å²) in [6.45, 7) is 2.57. The van der Waals surface area contributed by atoms with Gasteiger partial charge in [-0.3, -0.25) is 4.79 Å². The summed E-state index contributed by atoms with van der Waals surface area (Å²) in [4.78, 5) is 18.3. The van der Waals surface area contributed by atoms with Gasteiger partial charge in [-0.15, -0.1) is 0 Å². The van der Waals surface area contributed by atoms with E-state index in [1.165, 1.54) is 7.11 Å². The van der Waals surface area contributed by atoms with Gasteiger partial charge < -0.3 is 24.1 Å². The number of ether oxygens (including phenoxy) is 2. The van der Waals surface area contributed by atoms with Crippen molar-refractivity contribution in [2.24, 2.45) is 11.8 Å². The van der Waals surface area contributed by atoms with Crippen LogP contribution in [0.4, 0.5) is 33.7 Å². The van der Waals surface area contributed by atoms with Crippen molar-refractivity contribution in [1.82, 2.24) is 4.98 Å². The molecule has 2 unspecified atom stereocenters. The third-order valence-electron chi connectivity index (χ3n) is 7.31. The van der Waals surface area contributed by atoms with Crippen molar-refractivity contribution in [2.45, 2.75) is 56.9 Å². The third kappa shape index (κ3) is 4.87. The second-order valence-corrected chi connectivity index (χ2v) is 9.85. The molecule has 1 amide bonds. The lowest BCUT2D eigenvalue weighted by Crippen LogP contribution is -2.62. The first-order chi connectivity index (χ1) is 17.0. The number of benzene rings is 1. The molecule has 2 atom stereocenters. The van der Waals surface area contributed by atoms with E-state index in [4.69, 9.17) is 13.9 Å². The van der Waals surface area contributed by atoms with Crippen LogP contribution in [0.15, 0.2) is 16.5 Å². The molecule has 0 bridgehead atoms. The quantitative estimate of drug-likeness (QED) is 0.493. The van der Waals surface area contributed by atoms with Crippen molar-refractivity contribution in [3.63, 3.8) is 0 Å². The number of aromatic nitrogens is 1. The van der Waals surface area contributed by atoms with Gasteiger partial charge in [0.1, 0.15) is 17.8 Å². The summed E-state index contributed by atoms with van der Waals surface area (Å²) in [5.41, 5.74) is -1.37. The van der Waals surface area contributed by atoms with Crippen molar-refractivity contribution in [3.05, 3.63) is 35.2 Å². The standard InChI is InChI=1S/C24H26F5N3O4/c1-3-23(34-2)10-32(11-23)22-31-19(18(36-22)9-24(27,28)29)21(33)30-14-7-16(25)20(17(26)8-14)35-15-5-12-4-13(12)6-15/h7-8,12-13,15H,3-6,9-11H2,1-2H3,(H,30,33). The highest BCUT2D eigenvalue weighted by Gasteiger charge is 2.47. The Balaban J connectivity index is 1.32. The molecule has 5 rings (SSSR count). The number of alkyl halides is 3. The van der Waals surface area contributed by atoms with Crippen molar-refractivity contribution in [2.75, 3.05) is 30.4 Å². The highest BCUT2D eigenvalue weighted by Crippen LogP contribution is 2.52. The molecule has 7 nitrogen and oxygen atoms in total. The molecule has 0 spiro atoms. The van der Waals surface area contributed by atoms with Gasteiger partial charge in [-0.25, -0.2) is 8.78 Å². The first-order valence-electron chi connectivity index (χ1n) is 11.8. The van der Waals surface area contributed by atoms with E-state index in [1.54, 1.807) is 4.90 Å². The van der Waals surface area contributed by atoms with E-state index >= 15 is 0 Å². The molecule has 1 aliphatic heterocycles. The van der Waals surface area contributed by atoms with E-state index in [0.29, 0.717) is 31.3 Å². The first kappa shape index (κ1) is 24.8. The molecule has 0 radical (unpaired) electrons. The van der Waals surface area contributed by atoms with Crippen LogP contribution in [0, 0.1) is 23.5 Å². The fourth-order valence-electron chi connectivity index (χ4n) is 5.09. The molecule has 2 saturated carbocycles. The second kappa shape index (κ2) is 8.89. The zero-order chi connectivity index (χ0) is 25.8. The van der Waals surface area contributed by atoms with Crippen LogP contribution in [0.5, 0.6) is 5.75 Å². The molecule has 1 saturated heterocycles. The summed E-state index contributed by atoms with van der Waals surface area (Å²) in [6, 6.07) is 1.57. The van der Waals surface area contributed by atoms with Crippen molar-refractivity contribution >= 4 is 17.6 Å². The molecule has 12 heteroatoms. The highest BCUT2D eigenvalue weighted by molar-refractivity contribution is 6.03. The highest BCUT2D eigenvalue weighted by atomic mass is 19.4. The monoisotopic (exact) mass is 515 g/mol. The first-order valence-corrected chi connectivity index (χ1v) is 11.8. The lowest BCUT2D eigenvalue weighted by atomic mass is 9.91. The second-order valence-electron chi connectivity index (χ2n) is 9.85. The van der Waals surface area contributed by atoms with Gasteiger partial charge in [0.05, 0.1) is 19.2 Å². The molecular weight excluding hydrogens is 489 g/mol. The number of hydrogen-bond donors (Lipinski definition) is 1. The Bertz CT molecular complexity index is 1120. The molecule has 196 valence electrons. The molecule has 3 fully saturated rings. The van der Waals surface area contributed by atoms with Crippen molar-refractivity contribution < 1.29 is 40.6 Å². The minimum Gasteiger partial charge on any atom is -0.484 e. The summed E-state index contributed by atoms with van der Waals surface area (Å²) in [6.07, 6.45) is -3.17. The van der Waals surface area contributed by atoms with Crippen LogP contribution in [-0.2, 0) is 11.2 Å². The summed E-state index contributed by atoms with van der Waals surface area (Å²) >= 11 is 0. The third-order valence-corrected chi connectivity index (χ3v) is 7.31. The number of anilines is 2. The SMILES string of the molecule is CCC1(OC)CN(c2nc(C(=O)Nc3cc(F)c(OC4CC5CC5C4)c(F)c3)c(CC(F)(F)F)o2)C1. The van der Waals surface area contributed by atoms with Crippen LogP contribution in [0.1, 0.15) is 48.9 Å². The smallest absolute Gasteiger partial charge is 0.396 e. The van der Waals surface area contributed by atoms with Crippen LogP contribution in [0.25, 0.3) is 0 Å². The summed E-state index contributed by atoms with van der Waals surface area (Å²) in [5, 5.41) is 2.22. The Hall–Kier alpha value is -2.89. The number of carbonyl (C=O) groups excluding carboxylic acids is 1. The van der Waals surface area contributed by atoms with E-state index in [0.717, 1.165) is 31.4 Å². The molecule has 1 aromatic heterocycles. The number of fused-ring (bicyclic) bond motifs is 1. The number of halogens is 5. The summed E-state index contributed by atoms with van der Waals surface area (Å²) < 4.78 is 84.9. The molecule has 3 aliphatic rings. The summed E-state index contributed by atoms with van der Waals surface area (Å²) in [5.74, 6) is -3.22. The van der Waals surface area contributed by atoms with Crippen LogP contribution in [0.2, 0.25) is 0 Å². The van der Waals surface area contributed by atoms with E-state index in [-0.39, 0.29) is 17.8 Å². The van der Waals surface area contributed by atoms with Crippen LogP contribution < -0.4 is 15.0 Å². The maximum Gasteiger partial charge on any atom is 0.396 e. The van der Waals surface area contributed by atoms with Crippen LogP contribution >= 0.6 is 0 Å². The number of amides is 1. The van der Waals surface area contributed by atoms with Gasteiger partial charge in [0.15, 0.2) is 23.1 Å². The number of nitrogens with zero attached hydrogens (tertiary/aromatic N) is 2. The Morgan fingerprint density at radius 1 is 1.19 bits per heavy atom. The molecular formula is C24H26F5N3O4. The van der Waals surface area contributed by atoms with Crippen molar-refractivity contribution in [3.8, 4) is 5.75 Å². The predicted molar refractivity (Wildman–Crippen MR) is 118 cm³/mol. The number of methoxy groups -OCH3 is 1. The molecule has 2 aromatic rings. The van der Waals surface area contributed by atoms with Gasteiger partial charge in [0, 0.05) is 24.9 Å². The maximum atomic E-state index is 14.6. The van der Waals surface area contributed by atoms with E-state index in [9.17, 15) is 26.7 Å². The number of nitrogens with one attached hydrogen (secondary N) is 1. The summed E-state index contributed by atoms with van der Waals surface area (Å²) in [7, 11) is 1.54. The van der Waals surface area contributed by atoms with E-state index in [2.05, 4.69) is 10.3 Å². The zero-order valence-electron chi connectivity index (χ0n) is 19.8. The molecule has 1 aromatic carbocycles. The predicted octanol–water partition coefficient (Wildman–Crippen LogP) is 5.10. The maximum absolute atomic E-state index is 14.6. The van der Waals surface area contributed by atoms with Gasteiger partial charge in [-0.05, 0) is 37.5 Å². The Labute approximate surface area is 203 Å². The van der Waals surface area contributed by atoms with Crippen LogP contribution in [0.3, 0.4) is 0 Å². The number of rotatable bonds is 8. The minimum absolute atomic E-state index is 0.156. The molecule has 2 heterocycles. The lowest BCUT2D eigenvalue weighted by Gasteiger charge is -2.47. The average Bonchev–Trinajstić information content (AvgIpc) is 3.17. The Morgan fingerprint density at radius 2 is 1.83 bits per heavy atom. The fourth-order valence-corrected chi connectivity index (χ4v) is 5.09. The largest absolute Gasteiger partial charge is 0.484 e. The zero-order valence-corrected chi connectivity index (χ0v) is 19.8. The average molecular weight is 515 g/mol. The number of carbonyl (C=O) groups is 1. The van der Waals surface area contributed by atoms with E-state index < -0.39 is 52.9 Å². The lowest BCUT2D eigenvalue weighted by molar-refractivity contribution is -0.130. The van der Waals surface area contributed by atoms with Crippen LogP contribution in [-0.4, -0.2) is 49.0 Å². The van der Waals surface area contributed by atoms with Gasteiger partial charge in [0.25, 0.3) is 11.9 Å². The minimum atomic E-state index is -4.67. The molecule has 2 aliphatic carbocycles. The number of hydrogen-bond acceptors (Lipinski definition) is 6. The van der Waals surface area contributed by atoms with Gasteiger partial charge in [0.2, 0.25) is 0 Å². The van der Waals surface area contributed by atoms with Crippen molar-refractivity contribution in [1.29, 1.82) is 0 Å². The topological polar surface area (TPSA) is 76.8 Å². The normalized spacial score (nSPS) is 24.3. The Kier molecular flexibility index (Phi) is 6.12. The Morgan fingerprint density at radius 3 is 2.39 bits per heavy atom. The van der Waals surface area contributed by atoms with E-state index in [1.807, 2.05) is 6.92 Å². The molecule has 1 N–H and O–H groups in total. The van der Waals surface area contributed by atoms with Gasteiger partial charge in [-0.1, -0.05) is 6.92 Å². The fraction of sp³-hybridized carbons (Fsp3) is 0.583.